The van der Waals surface area contributed by atoms with Crippen LogP contribution in [0, 0.1) is 5.92 Å². The summed E-state index contributed by atoms with van der Waals surface area (Å²) in [5.74, 6) is 1.13. The number of H-pyrrole nitrogens is 1. The van der Waals surface area contributed by atoms with Crippen LogP contribution in [-0.4, -0.2) is 52.4 Å². The summed E-state index contributed by atoms with van der Waals surface area (Å²) in [7, 11) is 0. The summed E-state index contributed by atoms with van der Waals surface area (Å²) < 4.78 is 5.55. The number of nitrogens with zero attached hydrogens (tertiary/aromatic N) is 2. The van der Waals surface area contributed by atoms with Crippen molar-refractivity contribution in [3.05, 3.63) is 26.6 Å². The summed E-state index contributed by atoms with van der Waals surface area (Å²) in [6.07, 6.45) is 3.62. The molecule has 2 N–H and O–H groups in total. The van der Waals surface area contributed by atoms with Crippen molar-refractivity contribution in [3.8, 4) is 0 Å². The van der Waals surface area contributed by atoms with Crippen LogP contribution in [0.3, 0.4) is 0 Å². The summed E-state index contributed by atoms with van der Waals surface area (Å²) in [6, 6.07) is 0. The van der Waals surface area contributed by atoms with Gasteiger partial charge in [0, 0.05) is 18.0 Å². The van der Waals surface area contributed by atoms with E-state index in [-0.39, 0.29) is 5.56 Å². The minimum atomic E-state index is -0.545. The number of aromatic amines is 1. The van der Waals surface area contributed by atoms with Gasteiger partial charge in [0.25, 0.3) is 5.56 Å². The van der Waals surface area contributed by atoms with Gasteiger partial charge in [0.05, 0.1) is 24.6 Å². The molecule has 1 atom stereocenters. The van der Waals surface area contributed by atoms with Crippen molar-refractivity contribution in [1.29, 1.82) is 0 Å². The molecule has 0 spiro atoms. The van der Waals surface area contributed by atoms with Gasteiger partial charge in [0.1, 0.15) is 10.7 Å². The number of nitrogens with one attached hydrogen (secondary N) is 1. The summed E-state index contributed by atoms with van der Waals surface area (Å²) in [6.45, 7) is 9.15. The predicted octanol–water partition coefficient (Wildman–Crippen LogP) is 2.72. The van der Waals surface area contributed by atoms with Gasteiger partial charge in [-0.05, 0) is 43.7 Å². The maximum Gasteiger partial charge on any atom is 0.259 e. The van der Waals surface area contributed by atoms with Gasteiger partial charge in [-0.25, -0.2) is 4.98 Å². The number of aliphatic hydroxyl groups is 1. The van der Waals surface area contributed by atoms with Crippen molar-refractivity contribution in [1.82, 2.24) is 14.9 Å². The summed E-state index contributed by atoms with van der Waals surface area (Å²) in [5.41, 5.74) is 1.19. The second-order valence-corrected chi connectivity index (χ2v) is 8.95. The highest BCUT2D eigenvalue weighted by atomic mass is 32.1. The third kappa shape index (κ3) is 5.16. The van der Waals surface area contributed by atoms with Crippen molar-refractivity contribution < 1.29 is 9.84 Å². The van der Waals surface area contributed by atoms with Gasteiger partial charge < -0.3 is 14.8 Å². The quantitative estimate of drug-likeness (QED) is 0.649. The minimum absolute atomic E-state index is 0.0216. The molecular formula is C20H31N3O3S. The molecule has 2 aromatic heterocycles. The second kappa shape index (κ2) is 9.28. The first-order valence-corrected chi connectivity index (χ1v) is 10.8. The first kappa shape index (κ1) is 20.5. The third-order valence-electron chi connectivity index (χ3n) is 4.77. The minimum Gasteiger partial charge on any atom is -0.389 e. The van der Waals surface area contributed by atoms with Gasteiger partial charge in [-0.1, -0.05) is 20.8 Å². The smallest absolute Gasteiger partial charge is 0.259 e. The lowest BCUT2D eigenvalue weighted by molar-refractivity contribution is 0.00657. The normalized spacial score (nSPS) is 15.2. The van der Waals surface area contributed by atoms with Crippen molar-refractivity contribution in [2.75, 3.05) is 26.3 Å². The summed E-state index contributed by atoms with van der Waals surface area (Å²) >= 11 is 1.66. The van der Waals surface area contributed by atoms with E-state index in [4.69, 9.17) is 9.72 Å². The van der Waals surface area contributed by atoms with Gasteiger partial charge >= 0.3 is 0 Å². The first-order chi connectivity index (χ1) is 13.0. The van der Waals surface area contributed by atoms with Crippen LogP contribution in [-0.2, 0) is 24.1 Å². The van der Waals surface area contributed by atoms with E-state index in [0.717, 1.165) is 42.4 Å². The lowest BCUT2D eigenvalue weighted by Crippen LogP contribution is -2.36. The van der Waals surface area contributed by atoms with Gasteiger partial charge in [0.15, 0.2) is 0 Å². The number of hydrogen-bond donors (Lipinski definition) is 2. The van der Waals surface area contributed by atoms with E-state index in [9.17, 15) is 9.90 Å². The second-order valence-electron chi connectivity index (χ2n) is 7.87. The highest BCUT2D eigenvalue weighted by Crippen LogP contribution is 2.34. The van der Waals surface area contributed by atoms with Crippen LogP contribution in [0.5, 0.6) is 0 Å². The average Bonchev–Trinajstić information content (AvgIpc) is 3.14. The molecule has 0 bridgehead atoms. The number of ether oxygens (including phenoxy) is 1. The topological polar surface area (TPSA) is 78.5 Å². The molecule has 0 fully saturated rings. The predicted molar refractivity (Wildman–Crippen MR) is 109 cm³/mol. The maximum atomic E-state index is 12.6. The van der Waals surface area contributed by atoms with Gasteiger partial charge in [-0.2, -0.15) is 0 Å². The molecule has 0 saturated carbocycles. The Morgan fingerprint density at radius 1 is 1.33 bits per heavy atom. The number of aryl methyl sites for hydroxylation is 2. The monoisotopic (exact) mass is 393 g/mol. The molecule has 7 heteroatoms. The molecule has 150 valence electrons. The van der Waals surface area contributed by atoms with E-state index >= 15 is 0 Å². The Morgan fingerprint density at radius 3 is 2.89 bits per heavy atom. The molecule has 0 saturated heterocycles. The molecule has 0 radical (unpaired) electrons. The van der Waals surface area contributed by atoms with Crippen molar-refractivity contribution in [2.45, 2.75) is 59.1 Å². The fraction of sp³-hybridized carbons (Fsp3) is 0.700. The first-order valence-electron chi connectivity index (χ1n) is 9.99. The zero-order valence-corrected chi connectivity index (χ0v) is 17.4. The van der Waals surface area contributed by atoms with Crippen LogP contribution < -0.4 is 5.56 Å². The van der Waals surface area contributed by atoms with Crippen molar-refractivity contribution in [3.63, 3.8) is 0 Å². The molecule has 27 heavy (non-hydrogen) atoms. The Hall–Kier alpha value is -1.28. The SMILES string of the molecule is CCCN(Cc1nc2sc3c(c2c(=O)[nH]1)CCC3)CC(O)COCC(C)C. The Kier molecular flexibility index (Phi) is 7.03. The van der Waals surface area contributed by atoms with Crippen LogP contribution in [0.1, 0.15) is 49.9 Å². The number of thiophene rings is 1. The maximum absolute atomic E-state index is 12.6. The molecular weight excluding hydrogens is 362 g/mol. The highest BCUT2D eigenvalue weighted by molar-refractivity contribution is 7.18. The van der Waals surface area contributed by atoms with E-state index in [1.54, 1.807) is 11.3 Å². The molecule has 6 nitrogen and oxygen atoms in total. The van der Waals surface area contributed by atoms with E-state index in [1.165, 1.54) is 10.4 Å². The van der Waals surface area contributed by atoms with E-state index in [2.05, 4.69) is 30.7 Å². The standard InChI is InChI=1S/C20H31N3O3S/c1-4-8-23(9-14(24)12-26-11-13(2)3)10-17-21-19(25)18-15-6-5-7-16(15)27-20(18)22-17/h13-14,24H,4-12H2,1-3H3,(H,21,22,25). The lowest BCUT2D eigenvalue weighted by atomic mass is 10.2. The summed E-state index contributed by atoms with van der Waals surface area (Å²) in [5, 5.41) is 11.1. The molecule has 0 aliphatic heterocycles. The fourth-order valence-corrected chi connectivity index (χ4v) is 4.96. The number of aromatic nitrogens is 2. The molecule has 1 aliphatic rings. The van der Waals surface area contributed by atoms with Crippen LogP contribution in [0.25, 0.3) is 10.2 Å². The van der Waals surface area contributed by atoms with E-state index < -0.39 is 6.10 Å². The fourth-order valence-electron chi connectivity index (χ4n) is 3.68. The molecule has 3 rings (SSSR count). The summed E-state index contributed by atoms with van der Waals surface area (Å²) in [4.78, 5) is 24.6. The van der Waals surface area contributed by atoms with E-state index in [0.29, 0.717) is 38.0 Å². The van der Waals surface area contributed by atoms with Gasteiger partial charge in [-0.3, -0.25) is 9.69 Å². The number of aliphatic hydroxyl groups excluding tert-OH is 1. The Morgan fingerprint density at radius 2 is 2.15 bits per heavy atom. The molecule has 2 aromatic rings. The lowest BCUT2D eigenvalue weighted by Gasteiger charge is -2.24. The van der Waals surface area contributed by atoms with Crippen LogP contribution in [0.15, 0.2) is 4.79 Å². The third-order valence-corrected chi connectivity index (χ3v) is 5.95. The Bertz CT molecular complexity index is 815. The molecule has 1 unspecified atom stereocenters. The van der Waals surface area contributed by atoms with Gasteiger partial charge in [0.2, 0.25) is 0 Å². The molecule has 2 heterocycles. The molecule has 1 aliphatic carbocycles. The van der Waals surface area contributed by atoms with Gasteiger partial charge in [-0.15, -0.1) is 11.3 Å². The van der Waals surface area contributed by atoms with Crippen LogP contribution in [0.4, 0.5) is 0 Å². The zero-order chi connectivity index (χ0) is 19.4. The van der Waals surface area contributed by atoms with Crippen molar-refractivity contribution >= 4 is 21.6 Å². The molecule has 0 aromatic carbocycles. The molecule has 0 amide bonds. The average molecular weight is 394 g/mol. The van der Waals surface area contributed by atoms with Crippen LogP contribution in [0.2, 0.25) is 0 Å². The highest BCUT2D eigenvalue weighted by Gasteiger charge is 2.21. The van der Waals surface area contributed by atoms with E-state index in [1.807, 2.05) is 0 Å². The largest absolute Gasteiger partial charge is 0.389 e. The van der Waals surface area contributed by atoms with Crippen LogP contribution >= 0.6 is 11.3 Å². The van der Waals surface area contributed by atoms with Crippen molar-refractivity contribution in [2.24, 2.45) is 5.92 Å². The zero-order valence-electron chi connectivity index (χ0n) is 16.6. The number of hydrogen-bond acceptors (Lipinski definition) is 6. The Balaban J connectivity index is 1.68. The number of fused-ring (bicyclic) bond motifs is 3. The number of rotatable bonds is 10. The Labute approximate surface area is 164 Å².